The summed E-state index contributed by atoms with van der Waals surface area (Å²) in [6.07, 6.45) is 4.58. The number of aromatic amines is 1. The van der Waals surface area contributed by atoms with Crippen molar-refractivity contribution in [2.45, 2.75) is 58.5 Å². The zero-order chi connectivity index (χ0) is 26.6. The molecule has 2 atom stereocenters. The van der Waals surface area contributed by atoms with Gasteiger partial charge in [-0.1, -0.05) is 24.1 Å². The van der Waals surface area contributed by atoms with Gasteiger partial charge in [-0.3, -0.25) is 10.1 Å². The van der Waals surface area contributed by atoms with E-state index in [1.807, 2.05) is 43.3 Å². The maximum atomic E-state index is 13.1. The number of likely N-dealkylation sites (tertiary alicyclic amines) is 1. The molecule has 8 heteroatoms. The number of rotatable bonds is 9. The van der Waals surface area contributed by atoms with Crippen LogP contribution in [-0.2, 0) is 4.74 Å². The van der Waals surface area contributed by atoms with Crippen molar-refractivity contribution in [1.29, 1.82) is 0 Å². The molecule has 3 aromatic rings. The second-order valence-electron chi connectivity index (χ2n) is 10.7. The Bertz CT molecular complexity index is 1190. The fraction of sp³-hybridized carbons (Fsp3) is 0.483. The zero-order valence-corrected chi connectivity index (χ0v) is 22.8. The van der Waals surface area contributed by atoms with Crippen molar-refractivity contribution in [3.05, 3.63) is 65.0 Å². The van der Waals surface area contributed by atoms with Gasteiger partial charge in [0, 0.05) is 62.1 Å². The lowest BCUT2D eigenvalue weighted by atomic mass is 9.95. The third-order valence-corrected chi connectivity index (χ3v) is 7.09. The fourth-order valence-electron chi connectivity index (χ4n) is 4.85. The number of hydrogen-bond donors (Lipinski definition) is 2. The van der Waals surface area contributed by atoms with Gasteiger partial charge in [0.05, 0.1) is 11.3 Å². The van der Waals surface area contributed by atoms with E-state index in [4.69, 9.17) is 9.47 Å². The highest BCUT2D eigenvalue weighted by Crippen LogP contribution is 2.36. The lowest BCUT2D eigenvalue weighted by Crippen LogP contribution is -2.40. The van der Waals surface area contributed by atoms with E-state index in [1.54, 1.807) is 7.11 Å². The molecule has 0 radical (unpaired) electrons. The van der Waals surface area contributed by atoms with Gasteiger partial charge in [-0.05, 0) is 63.9 Å². The third kappa shape index (κ3) is 6.49. The van der Waals surface area contributed by atoms with E-state index in [9.17, 15) is 4.79 Å². The monoisotopic (exact) mass is 505 g/mol. The number of methoxy groups -OCH3 is 1. The van der Waals surface area contributed by atoms with Gasteiger partial charge < -0.3 is 19.7 Å². The minimum Gasteiger partial charge on any atom is -0.473 e. The Morgan fingerprint density at radius 1 is 1.22 bits per heavy atom. The summed E-state index contributed by atoms with van der Waals surface area (Å²) in [6.45, 7) is 12.5. The first-order chi connectivity index (χ1) is 17.7. The van der Waals surface area contributed by atoms with Gasteiger partial charge in [-0.2, -0.15) is 0 Å². The molecule has 2 amide bonds. The Labute approximate surface area is 219 Å². The third-order valence-electron chi connectivity index (χ3n) is 7.09. The summed E-state index contributed by atoms with van der Waals surface area (Å²) in [7, 11) is 1.67. The van der Waals surface area contributed by atoms with Crippen LogP contribution in [0, 0.1) is 13.8 Å². The van der Waals surface area contributed by atoms with Crippen LogP contribution in [0.2, 0.25) is 0 Å². The smallest absolute Gasteiger partial charge is 0.317 e. The van der Waals surface area contributed by atoms with Crippen LogP contribution in [0.25, 0.3) is 11.3 Å². The fourth-order valence-corrected chi connectivity index (χ4v) is 4.85. The standard InChI is InChI=1S/C29H39N5O3/c1-19-13-20(2)15-24(14-19)26-25(27(33-32-26)37-18-29(4,5)36-6)21(3)16-31-28(35)34-12-9-23(17-34)22-7-10-30-11-8-22/h7-8,10-11,13-15,21,23H,9,12,16-18H2,1-6H3,(H,31,35)(H,32,33). The Morgan fingerprint density at radius 2 is 1.92 bits per heavy atom. The molecule has 0 saturated carbocycles. The number of benzene rings is 1. The molecule has 1 aromatic carbocycles. The van der Waals surface area contributed by atoms with Crippen LogP contribution in [0.15, 0.2) is 42.7 Å². The molecule has 4 rings (SSSR count). The van der Waals surface area contributed by atoms with Crippen molar-refractivity contribution in [2.24, 2.45) is 0 Å². The largest absolute Gasteiger partial charge is 0.473 e. The van der Waals surface area contributed by atoms with E-state index in [-0.39, 0.29) is 11.9 Å². The first kappa shape index (κ1) is 26.7. The highest BCUT2D eigenvalue weighted by Gasteiger charge is 2.29. The number of carbonyl (C=O) groups is 1. The molecule has 0 aliphatic carbocycles. The van der Waals surface area contributed by atoms with Crippen molar-refractivity contribution in [3.8, 4) is 17.1 Å². The summed E-state index contributed by atoms with van der Waals surface area (Å²) in [4.78, 5) is 19.1. The van der Waals surface area contributed by atoms with Crippen LogP contribution in [0.3, 0.4) is 0 Å². The van der Waals surface area contributed by atoms with Crippen LogP contribution in [0.4, 0.5) is 4.79 Å². The first-order valence-electron chi connectivity index (χ1n) is 12.9. The molecule has 0 bridgehead atoms. The quantitative estimate of drug-likeness (QED) is 0.417. The summed E-state index contributed by atoms with van der Waals surface area (Å²) >= 11 is 0. The van der Waals surface area contributed by atoms with Crippen molar-refractivity contribution in [3.63, 3.8) is 0 Å². The predicted molar refractivity (Wildman–Crippen MR) is 145 cm³/mol. The van der Waals surface area contributed by atoms with Crippen LogP contribution < -0.4 is 10.1 Å². The van der Waals surface area contributed by atoms with Crippen LogP contribution >= 0.6 is 0 Å². The molecule has 1 saturated heterocycles. The molecule has 3 heterocycles. The van der Waals surface area contributed by atoms with E-state index in [0.717, 1.165) is 29.8 Å². The van der Waals surface area contributed by atoms with E-state index < -0.39 is 5.60 Å². The second-order valence-corrected chi connectivity index (χ2v) is 10.7. The van der Waals surface area contributed by atoms with Gasteiger partial charge >= 0.3 is 6.03 Å². The lowest BCUT2D eigenvalue weighted by molar-refractivity contribution is -0.0160. The molecule has 2 N–H and O–H groups in total. The highest BCUT2D eigenvalue weighted by molar-refractivity contribution is 5.75. The lowest BCUT2D eigenvalue weighted by Gasteiger charge is -2.23. The number of aromatic nitrogens is 3. The van der Waals surface area contributed by atoms with Crippen molar-refractivity contribution in [2.75, 3.05) is 33.4 Å². The van der Waals surface area contributed by atoms with Crippen LogP contribution in [0.5, 0.6) is 5.88 Å². The van der Waals surface area contributed by atoms with Crippen molar-refractivity contribution >= 4 is 6.03 Å². The number of nitrogens with zero attached hydrogens (tertiary/aromatic N) is 3. The molecular weight excluding hydrogens is 466 g/mol. The zero-order valence-electron chi connectivity index (χ0n) is 22.8. The molecular formula is C29H39N5O3. The first-order valence-corrected chi connectivity index (χ1v) is 12.9. The SMILES string of the molecule is COC(C)(C)COc1n[nH]c(-c2cc(C)cc(C)c2)c1C(C)CNC(=O)N1CCC(c2ccncc2)C1. The van der Waals surface area contributed by atoms with Gasteiger partial charge in [0.2, 0.25) is 5.88 Å². The predicted octanol–water partition coefficient (Wildman–Crippen LogP) is 5.19. The van der Waals surface area contributed by atoms with Crippen molar-refractivity contribution in [1.82, 2.24) is 25.4 Å². The normalized spacial score (nSPS) is 16.6. The van der Waals surface area contributed by atoms with Gasteiger partial charge in [0.15, 0.2) is 0 Å². The van der Waals surface area contributed by atoms with E-state index in [0.29, 0.717) is 31.5 Å². The summed E-state index contributed by atoms with van der Waals surface area (Å²) in [5, 5.41) is 10.9. The van der Waals surface area contributed by atoms with Gasteiger partial charge in [0.1, 0.15) is 6.61 Å². The Morgan fingerprint density at radius 3 is 2.59 bits per heavy atom. The molecule has 198 valence electrons. The Hall–Kier alpha value is -3.39. The highest BCUT2D eigenvalue weighted by atomic mass is 16.5. The number of amides is 2. The summed E-state index contributed by atoms with van der Waals surface area (Å²) < 4.78 is 11.7. The average Bonchev–Trinajstić information content (AvgIpc) is 3.54. The molecule has 0 spiro atoms. The number of pyridine rings is 1. The van der Waals surface area contributed by atoms with Crippen LogP contribution in [0.1, 0.15) is 61.3 Å². The number of carbonyl (C=O) groups excluding carboxylic acids is 1. The Kier molecular flexibility index (Phi) is 8.17. The molecule has 1 aliphatic heterocycles. The van der Waals surface area contributed by atoms with Gasteiger partial charge in [-0.15, -0.1) is 5.10 Å². The summed E-state index contributed by atoms with van der Waals surface area (Å²) in [5.74, 6) is 0.859. The number of hydrogen-bond acceptors (Lipinski definition) is 5. The number of H-pyrrole nitrogens is 1. The van der Waals surface area contributed by atoms with Gasteiger partial charge in [0.25, 0.3) is 0 Å². The van der Waals surface area contributed by atoms with Gasteiger partial charge in [-0.25, -0.2) is 4.79 Å². The minimum atomic E-state index is -0.450. The molecule has 2 aromatic heterocycles. The maximum absolute atomic E-state index is 13.1. The topological polar surface area (TPSA) is 92.4 Å². The number of urea groups is 1. The van der Waals surface area contributed by atoms with E-state index in [2.05, 4.69) is 59.5 Å². The van der Waals surface area contributed by atoms with Crippen LogP contribution in [-0.4, -0.2) is 65.1 Å². The summed E-state index contributed by atoms with van der Waals surface area (Å²) in [6, 6.07) is 10.5. The number of aryl methyl sites for hydroxylation is 2. The number of ether oxygens (including phenoxy) is 2. The molecule has 8 nitrogen and oxygen atoms in total. The molecule has 1 fully saturated rings. The molecule has 1 aliphatic rings. The Balaban J connectivity index is 1.49. The molecule has 2 unspecified atom stereocenters. The maximum Gasteiger partial charge on any atom is 0.317 e. The van der Waals surface area contributed by atoms with E-state index >= 15 is 0 Å². The second kappa shape index (κ2) is 11.3. The van der Waals surface area contributed by atoms with Crippen molar-refractivity contribution < 1.29 is 14.3 Å². The average molecular weight is 506 g/mol. The number of nitrogens with one attached hydrogen (secondary N) is 2. The summed E-state index contributed by atoms with van der Waals surface area (Å²) in [5.41, 5.74) is 6.06. The van der Waals surface area contributed by atoms with E-state index in [1.165, 1.54) is 16.7 Å². The minimum absolute atomic E-state index is 0.0298. The molecule has 37 heavy (non-hydrogen) atoms.